The minimum atomic E-state index is -5.16. The first-order chi connectivity index (χ1) is 8.19. The van der Waals surface area contributed by atoms with Crippen LogP contribution in [0.1, 0.15) is 12.0 Å². The zero-order valence-corrected chi connectivity index (χ0v) is 8.35. The average Bonchev–Trinajstić information content (AvgIpc) is 2.17. The van der Waals surface area contributed by atoms with E-state index in [2.05, 4.69) is 9.47 Å². The van der Waals surface area contributed by atoms with E-state index in [-0.39, 0.29) is 0 Å². The van der Waals surface area contributed by atoms with Gasteiger partial charge in [0.2, 0.25) is 0 Å². The van der Waals surface area contributed by atoms with Gasteiger partial charge in [0, 0.05) is 0 Å². The molecular weight excluding hydrogens is 273 g/mol. The Kier molecular flexibility index (Phi) is 4.25. The summed E-state index contributed by atoms with van der Waals surface area (Å²) in [5.74, 6) is -1.85. The normalized spacial score (nSPS) is 12.1. The summed E-state index contributed by atoms with van der Waals surface area (Å²) in [4.78, 5) is 0. The highest BCUT2D eigenvalue weighted by atomic mass is 19.4. The average molecular weight is 278 g/mol. The smallest absolute Gasteiger partial charge is 0.435 e. The van der Waals surface area contributed by atoms with E-state index in [1.54, 1.807) is 0 Å². The molecule has 0 N–H and O–H groups in total. The molecule has 0 heterocycles. The summed E-state index contributed by atoms with van der Waals surface area (Å²) in [6, 6.07) is 1.50. The van der Waals surface area contributed by atoms with Crippen LogP contribution in [0, 0.1) is 0 Å². The molecule has 0 amide bonds. The summed E-state index contributed by atoms with van der Waals surface area (Å²) in [6.07, 6.45) is -8.49. The van der Waals surface area contributed by atoms with Crippen LogP contribution in [0.5, 0.6) is 11.5 Å². The first-order valence-corrected chi connectivity index (χ1v) is 4.31. The lowest BCUT2D eigenvalue weighted by Gasteiger charge is -2.14. The molecule has 0 aliphatic rings. The number of alkyl halides is 7. The van der Waals surface area contributed by atoms with Crippen molar-refractivity contribution < 1.29 is 40.2 Å². The Balaban J connectivity index is 3.05. The number of hydrogen-bond donors (Lipinski definition) is 0. The van der Waals surface area contributed by atoms with Crippen molar-refractivity contribution in [2.24, 2.45) is 0 Å². The van der Waals surface area contributed by atoms with Gasteiger partial charge in [-0.15, -0.1) is 13.2 Å². The Morgan fingerprint density at radius 1 is 1.00 bits per heavy atom. The van der Waals surface area contributed by atoms with E-state index in [1.807, 2.05) is 0 Å². The molecule has 18 heavy (non-hydrogen) atoms. The van der Waals surface area contributed by atoms with Crippen LogP contribution >= 0.6 is 0 Å². The predicted octanol–water partition coefficient (Wildman–Crippen LogP) is 4.12. The molecule has 0 unspecified atom stereocenters. The van der Waals surface area contributed by atoms with E-state index in [9.17, 15) is 30.7 Å². The fraction of sp³-hybridized carbons (Fsp3) is 0.333. The highest BCUT2D eigenvalue weighted by Gasteiger charge is 2.33. The molecule has 0 aliphatic heterocycles. The maximum atomic E-state index is 12.4. The lowest BCUT2D eigenvalue weighted by atomic mass is 10.2. The van der Waals surface area contributed by atoms with Crippen LogP contribution in [0.2, 0.25) is 0 Å². The van der Waals surface area contributed by atoms with Crippen LogP contribution in [0.15, 0.2) is 18.2 Å². The van der Waals surface area contributed by atoms with Gasteiger partial charge >= 0.3 is 13.0 Å². The molecule has 0 atom stereocenters. The molecule has 1 aromatic rings. The maximum Gasteiger partial charge on any atom is 0.573 e. The highest BCUT2D eigenvalue weighted by molar-refractivity contribution is 5.41. The quantitative estimate of drug-likeness (QED) is 0.771. The van der Waals surface area contributed by atoms with E-state index in [4.69, 9.17) is 0 Å². The molecule has 1 aromatic carbocycles. The van der Waals surface area contributed by atoms with Crippen LogP contribution in [-0.4, -0.2) is 13.0 Å². The lowest BCUT2D eigenvalue weighted by Crippen LogP contribution is -2.18. The van der Waals surface area contributed by atoms with Crippen LogP contribution in [0.3, 0.4) is 0 Å². The molecule has 9 heteroatoms. The third kappa shape index (κ3) is 4.30. The Bertz CT molecular complexity index is 402. The maximum absolute atomic E-state index is 12.4. The van der Waals surface area contributed by atoms with Gasteiger partial charge in [-0.3, -0.25) is 0 Å². The standard InChI is InChI=1S/C9H5F7O2/c10-7(11)5-3-4(17-8(12)13)1-2-6(5)18-9(14,15)16/h1-3,7-8H. The summed E-state index contributed by atoms with van der Waals surface area (Å²) in [5, 5.41) is 0. The largest absolute Gasteiger partial charge is 0.573 e. The van der Waals surface area contributed by atoms with Gasteiger partial charge < -0.3 is 9.47 Å². The Labute approximate surface area is 95.9 Å². The second-order valence-corrected chi connectivity index (χ2v) is 2.93. The van der Waals surface area contributed by atoms with E-state index in [0.717, 1.165) is 0 Å². The first kappa shape index (κ1) is 14.4. The molecule has 0 aromatic heterocycles. The fourth-order valence-electron chi connectivity index (χ4n) is 1.09. The van der Waals surface area contributed by atoms with E-state index < -0.39 is 36.5 Å². The molecule has 0 radical (unpaired) electrons. The van der Waals surface area contributed by atoms with Crippen molar-refractivity contribution in [1.82, 2.24) is 0 Å². The summed E-state index contributed by atoms with van der Waals surface area (Å²) in [6.45, 7) is -3.27. The number of rotatable bonds is 4. The molecule has 0 spiro atoms. The van der Waals surface area contributed by atoms with Gasteiger partial charge in [-0.25, -0.2) is 8.78 Å². The molecule has 0 saturated carbocycles. The summed E-state index contributed by atoms with van der Waals surface area (Å²) < 4.78 is 91.2. The molecule has 102 valence electrons. The minimum Gasteiger partial charge on any atom is -0.435 e. The molecule has 0 saturated heterocycles. The van der Waals surface area contributed by atoms with E-state index in [1.165, 1.54) is 0 Å². The van der Waals surface area contributed by atoms with Gasteiger partial charge in [-0.2, -0.15) is 8.78 Å². The SMILES string of the molecule is FC(F)Oc1ccc(OC(F)(F)F)c(C(F)F)c1. The lowest BCUT2D eigenvalue weighted by molar-refractivity contribution is -0.275. The minimum absolute atomic E-state index is 0.359. The zero-order valence-electron chi connectivity index (χ0n) is 8.35. The Morgan fingerprint density at radius 2 is 1.61 bits per heavy atom. The number of hydrogen-bond acceptors (Lipinski definition) is 2. The van der Waals surface area contributed by atoms with Gasteiger partial charge in [0.1, 0.15) is 11.5 Å². The van der Waals surface area contributed by atoms with Crippen molar-refractivity contribution in [3.63, 3.8) is 0 Å². The first-order valence-electron chi connectivity index (χ1n) is 4.31. The van der Waals surface area contributed by atoms with Crippen LogP contribution in [0.25, 0.3) is 0 Å². The van der Waals surface area contributed by atoms with Gasteiger partial charge in [0.25, 0.3) is 6.43 Å². The van der Waals surface area contributed by atoms with Crippen molar-refractivity contribution >= 4 is 0 Å². The van der Waals surface area contributed by atoms with Gasteiger partial charge in [-0.05, 0) is 18.2 Å². The number of benzene rings is 1. The van der Waals surface area contributed by atoms with Gasteiger partial charge in [0.15, 0.2) is 0 Å². The van der Waals surface area contributed by atoms with Crippen molar-refractivity contribution in [3.8, 4) is 11.5 Å². The van der Waals surface area contributed by atoms with Crippen molar-refractivity contribution in [2.75, 3.05) is 0 Å². The second kappa shape index (κ2) is 5.32. The third-order valence-corrected chi connectivity index (χ3v) is 1.67. The molecule has 1 rings (SSSR count). The van der Waals surface area contributed by atoms with Crippen LogP contribution < -0.4 is 9.47 Å². The zero-order chi connectivity index (χ0) is 13.9. The van der Waals surface area contributed by atoms with Gasteiger partial charge in [0.05, 0.1) is 5.56 Å². The van der Waals surface area contributed by atoms with Crippen molar-refractivity contribution in [2.45, 2.75) is 19.4 Å². The molecular formula is C9H5F7O2. The Morgan fingerprint density at radius 3 is 2.06 bits per heavy atom. The third-order valence-electron chi connectivity index (χ3n) is 1.67. The van der Waals surface area contributed by atoms with Crippen molar-refractivity contribution in [3.05, 3.63) is 23.8 Å². The number of ether oxygens (including phenoxy) is 2. The topological polar surface area (TPSA) is 18.5 Å². The molecule has 2 nitrogen and oxygen atoms in total. The number of halogens is 7. The molecule has 0 aliphatic carbocycles. The second-order valence-electron chi connectivity index (χ2n) is 2.93. The van der Waals surface area contributed by atoms with E-state index >= 15 is 0 Å². The summed E-state index contributed by atoms with van der Waals surface area (Å²) >= 11 is 0. The summed E-state index contributed by atoms with van der Waals surface area (Å²) in [7, 11) is 0. The van der Waals surface area contributed by atoms with Crippen LogP contribution in [-0.2, 0) is 0 Å². The highest BCUT2D eigenvalue weighted by Crippen LogP contribution is 2.35. The monoisotopic (exact) mass is 278 g/mol. The Hall–Kier alpha value is -1.67. The van der Waals surface area contributed by atoms with E-state index in [0.29, 0.717) is 18.2 Å². The molecule has 0 bridgehead atoms. The predicted molar refractivity (Wildman–Crippen MR) is 44.7 cm³/mol. The summed E-state index contributed by atoms with van der Waals surface area (Å²) in [5.41, 5.74) is -1.19. The van der Waals surface area contributed by atoms with Crippen molar-refractivity contribution in [1.29, 1.82) is 0 Å². The fourth-order valence-corrected chi connectivity index (χ4v) is 1.09. The molecule has 0 fully saturated rings. The van der Waals surface area contributed by atoms with Gasteiger partial charge in [-0.1, -0.05) is 0 Å². The van der Waals surface area contributed by atoms with Crippen LogP contribution in [0.4, 0.5) is 30.7 Å².